The Hall–Kier alpha value is -2.87. The highest BCUT2D eigenvalue weighted by Crippen LogP contribution is 2.19. The van der Waals surface area contributed by atoms with Gasteiger partial charge in [-0.05, 0) is 41.0 Å². The highest BCUT2D eigenvalue weighted by molar-refractivity contribution is 6.03. The second-order valence-corrected chi connectivity index (χ2v) is 5.21. The molecule has 0 aliphatic carbocycles. The van der Waals surface area contributed by atoms with Crippen molar-refractivity contribution in [3.05, 3.63) is 83.9 Å². The van der Waals surface area contributed by atoms with Gasteiger partial charge in [0.1, 0.15) is 0 Å². The molecule has 2 heteroatoms. The van der Waals surface area contributed by atoms with Gasteiger partial charge < -0.3 is 5.32 Å². The third-order valence-electron chi connectivity index (χ3n) is 3.64. The van der Waals surface area contributed by atoms with Crippen molar-refractivity contribution in [3.63, 3.8) is 0 Å². The molecule has 22 heavy (non-hydrogen) atoms. The molecule has 0 aliphatic heterocycles. The van der Waals surface area contributed by atoms with Crippen molar-refractivity contribution in [2.45, 2.75) is 6.92 Å². The van der Waals surface area contributed by atoms with E-state index < -0.39 is 0 Å². The normalized spacial score (nSPS) is 11.0. The molecule has 1 amide bonds. The number of anilines is 1. The van der Waals surface area contributed by atoms with E-state index in [0.29, 0.717) is 0 Å². The molecule has 0 aromatic heterocycles. The van der Waals surface area contributed by atoms with E-state index in [1.807, 2.05) is 61.5 Å². The van der Waals surface area contributed by atoms with Crippen LogP contribution in [0.4, 0.5) is 5.69 Å². The lowest BCUT2D eigenvalue weighted by atomic mass is 10.0. The zero-order valence-electron chi connectivity index (χ0n) is 12.4. The van der Waals surface area contributed by atoms with Crippen LogP contribution >= 0.6 is 0 Å². The standard InChI is InChI=1S/C20H17NO/c1-15-7-2-5-12-19(15)21-20(22)14-13-17-10-6-9-16-8-3-4-11-18(16)17/h2-14H,1H3,(H,21,22)/b14-13+. The number of para-hydroxylation sites is 1. The van der Waals surface area contributed by atoms with Crippen LogP contribution in [0.3, 0.4) is 0 Å². The van der Waals surface area contributed by atoms with E-state index >= 15 is 0 Å². The van der Waals surface area contributed by atoms with Crippen LogP contribution in [0.15, 0.2) is 72.8 Å². The van der Waals surface area contributed by atoms with Crippen LogP contribution in [-0.4, -0.2) is 5.91 Å². The number of fused-ring (bicyclic) bond motifs is 1. The first-order valence-electron chi connectivity index (χ1n) is 7.26. The number of aryl methyl sites for hydroxylation is 1. The van der Waals surface area contributed by atoms with E-state index in [0.717, 1.165) is 22.2 Å². The minimum absolute atomic E-state index is 0.123. The molecule has 0 fully saturated rings. The Labute approximate surface area is 130 Å². The number of hydrogen-bond acceptors (Lipinski definition) is 1. The summed E-state index contributed by atoms with van der Waals surface area (Å²) in [5.74, 6) is -0.123. The van der Waals surface area contributed by atoms with Crippen molar-refractivity contribution in [1.29, 1.82) is 0 Å². The molecule has 3 aromatic carbocycles. The van der Waals surface area contributed by atoms with Crippen molar-refractivity contribution < 1.29 is 4.79 Å². The maximum atomic E-state index is 12.1. The van der Waals surface area contributed by atoms with Crippen molar-refractivity contribution in [1.82, 2.24) is 0 Å². The van der Waals surface area contributed by atoms with E-state index in [1.165, 1.54) is 5.39 Å². The monoisotopic (exact) mass is 287 g/mol. The Kier molecular flexibility index (Phi) is 4.01. The van der Waals surface area contributed by atoms with Gasteiger partial charge in [-0.1, -0.05) is 60.7 Å². The van der Waals surface area contributed by atoms with Gasteiger partial charge in [0.2, 0.25) is 5.91 Å². The summed E-state index contributed by atoms with van der Waals surface area (Å²) in [6, 6.07) is 22.0. The average molecular weight is 287 g/mol. The summed E-state index contributed by atoms with van der Waals surface area (Å²) in [4.78, 5) is 12.1. The number of carbonyl (C=O) groups excluding carboxylic acids is 1. The lowest BCUT2D eigenvalue weighted by Crippen LogP contribution is -2.08. The van der Waals surface area contributed by atoms with Crippen LogP contribution in [0.1, 0.15) is 11.1 Å². The molecule has 2 nitrogen and oxygen atoms in total. The van der Waals surface area contributed by atoms with E-state index in [4.69, 9.17) is 0 Å². The predicted molar refractivity (Wildman–Crippen MR) is 92.8 cm³/mol. The largest absolute Gasteiger partial charge is 0.322 e. The fourth-order valence-corrected chi connectivity index (χ4v) is 2.45. The molecule has 3 rings (SSSR count). The Balaban J connectivity index is 1.81. The molecule has 0 atom stereocenters. The Bertz CT molecular complexity index is 844. The number of hydrogen-bond donors (Lipinski definition) is 1. The van der Waals surface area contributed by atoms with Gasteiger partial charge in [-0.2, -0.15) is 0 Å². The topological polar surface area (TPSA) is 29.1 Å². The summed E-state index contributed by atoms with van der Waals surface area (Å²) in [5, 5.41) is 5.22. The second-order valence-electron chi connectivity index (χ2n) is 5.21. The summed E-state index contributed by atoms with van der Waals surface area (Å²) < 4.78 is 0. The van der Waals surface area contributed by atoms with Crippen LogP contribution in [-0.2, 0) is 4.79 Å². The number of benzene rings is 3. The third kappa shape index (κ3) is 3.07. The van der Waals surface area contributed by atoms with E-state index in [1.54, 1.807) is 6.08 Å². The summed E-state index contributed by atoms with van der Waals surface area (Å²) in [6.45, 7) is 1.98. The summed E-state index contributed by atoms with van der Waals surface area (Å²) in [7, 11) is 0. The summed E-state index contributed by atoms with van der Waals surface area (Å²) >= 11 is 0. The van der Waals surface area contributed by atoms with Crippen LogP contribution in [0, 0.1) is 6.92 Å². The van der Waals surface area contributed by atoms with Gasteiger partial charge in [0.15, 0.2) is 0 Å². The fourth-order valence-electron chi connectivity index (χ4n) is 2.45. The first kappa shape index (κ1) is 14.1. The quantitative estimate of drug-likeness (QED) is 0.689. The molecule has 0 saturated carbocycles. The molecular formula is C20H17NO. The van der Waals surface area contributed by atoms with Crippen LogP contribution in [0.5, 0.6) is 0 Å². The molecule has 0 aliphatic rings. The molecule has 108 valence electrons. The zero-order chi connectivity index (χ0) is 15.4. The molecular weight excluding hydrogens is 270 g/mol. The van der Waals surface area contributed by atoms with Gasteiger partial charge in [-0.15, -0.1) is 0 Å². The van der Waals surface area contributed by atoms with Crippen molar-refractivity contribution >= 4 is 28.4 Å². The minimum atomic E-state index is -0.123. The zero-order valence-corrected chi connectivity index (χ0v) is 12.4. The number of rotatable bonds is 3. The maximum absolute atomic E-state index is 12.1. The minimum Gasteiger partial charge on any atom is -0.322 e. The van der Waals surface area contributed by atoms with Gasteiger partial charge >= 0.3 is 0 Å². The van der Waals surface area contributed by atoms with Crippen LogP contribution < -0.4 is 5.32 Å². The molecule has 1 N–H and O–H groups in total. The molecule has 0 saturated heterocycles. The summed E-state index contributed by atoms with van der Waals surface area (Å²) in [6.07, 6.45) is 3.43. The van der Waals surface area contributed by atoms with E-state index in [9.17, 15) is 4.79 Å². The van der Waals surface area contributed by atoms with Crippen LogP contribution in [0.25, 0.3) is 16.8 Å². The van der Waals surface area contributed by atoms with Gasteiger partial charge in [-0.3, -0.25) is 4.79 Å². The first-order chi connectivity index (χ1) is 10.7. The van der Waals surface area contributed by atoms with Gasteiger partial charge in [-0.25, -0.2) is 0 Å². The van der Waals surface area contributed by atoms with Crippen LogP contribution in [0.2, 0.25) is 0 Å². The number of carbonyl (C=O) groups is 1. The SMILES string of the molecule is Cc1ccccc1NC(=O)/C=C/c1cccc2ccccc12. The highest BCUT2D eigenvalue weighted by atomic mass is 16.1. The third-order valence-corrected chi connectivity index (χ3v) is 3.64. The van der Waals surface area contributed by atoms with E-state index in [2.05, 4.69) is 23.5 Å². The maximum Gasteiger partial charge on any atom is 0.248 e. The highest BCUT2D eigenvalue weighted by Gasteiger charge is 2.01. The van der Waals surface area contributed by atoms with E-state index in [-0.39, 0.29) is 5.91 Å². The summed E-state index contributed by atoms with van der Waals surface area (Å²) in [5.41, 5.74) is 2.93. The van der Waals surface area contributed by atoms with Gasteiger partial charge in [0, 0.05) is 11.8 Å². The van der Waals surface area contributed by atoms with Gasteiger partial charge in [0.05, 0.1) is 0 Å². The Morgan fingerprint density at radius 3 is 2.50 bits per heavy atom. The van der Waals surface area contributed by atoms with Crippen molar-refractivity contribution in [2.24, 2.45) is 0 Å². The molecule has 3 aromatic rings. The lowest BCUT2D eigenvalue weighted by Gasteiger charge is -2.05. The predicted octanol–water partition coefficient (Wildman–Crippen LogP) is 4.80. The molecule has 0 bridgehead atoms. The van der Waals surface area contributed by atoms with Gasteiger partial charge in [0.25, 0.3) is 0 Å². The Morgan fingerprint density at radius 2 is 1.64 bits per heavy atom. The number of amides is 1. The first-order valence-corrected chi connectivity index (χ1v) is 7.26. The molecule has 0 radical (unpaired) electrons. The van der Waals surface area contributed by atoms with Crippen molar-refractivity contribution in [3.8, 4) is 0 Å². The molecule has 0 unspecified atom stereocenters. The second kappa shape index (κ2) is 6.27. The Morgan fingerprint density at radius 1 is 0.909 bits per heavy atom. The van der Waals surface area contributed by atoms with Crippen molar-refractivity contribution in [2.75, 3.05) is 5.32 Å². The average Bonchev–Trinajstić information content (AvgIpc) is 2.55. The molecule has 0 spiro atoms. The smallest absolute Gasteiger partial charge is 0.248 e. The molecule has 0 heterocycles. The number of nitrogens with one attached hydrogen (secondary N) is 1. The lowest BCUT2D eigenvalue weighted by molar-refractivity contribution is -0.111. The fraction of sp³-hybridized carbons (Fsp3) is 0.0500.